The molecule has 0 unspecified atom stereocenters. The number of carboxylic acids is 1. The minimum absolute atomic E-state index is 0.0266. The van der Waals surface area contributed by atoms with Crippen LogP contribution in [0.5, 0.6) is 0 Å². The van der Waals surface area contributed by atoms with Crippen LogP contribution in [0.25, 0.3) is 0 Å². The molecule has 0 spiro atoms. The Morgan fingerprint density at radius 1 is 1.27 bits per heavy atom. The number of carboxylic acid groups (broad SMARTS) is 1. The molecular weight excluding hydrogens is 302 g/mol. The van der Waals surface area contributed by atoms with E-state index in [1.54, 1.807) is 11.3 Å². The second-order valence-electron chi connectivity index (χ2n) is 6.31. The number of anilines is 1. The monoisotopic (exact) mass is 325 g/mol. The number of urea groups is 1. The summed E-state index contributed by atoms with van der Waals surface area (Å²) in [7, 11) is 0. The number of rotatable bonds is 5. The summed E-state index contributed by atoms with van der Waals surface area (Å²) in [5.74, 6) is -0.862. The number of carbonyl (C=O) groups excluding carboxylic acids is 1. The molecule has 3 N–H and O–H groups in total. The van der Waals surface area contributed by atoms with Crippen LogP contribution in [0.4, 0.5) is 9.93 Å². The van der Waals surface area contributed by atoms with Crippen LogP contribution in [0.15, 0.2) is 0 Å². The number of fused-ring (bicyclic) bond motifs is 1. The van der Waals surface area contributed by atoms with Gasteiger partial charge >= 0.3 is 12.0 Å². The quantitative estimate of drug-likeness (QED) is 0.725. The lowest BCUT2D eigenvalue weighted by atomic mass is 9.99. The van der Waals surface area contributed by atoms with Gasteiger partial charge in [0.2, 0.25) is 0 Å². The Morgan fingerprint density at radius 3 is 2.73 bits per heavy atom. The highest BCUT2D eigenvalue weighted by atomic mass is 32.1. The molecule has 0 aromatic carbocycles. The second-order valence-corrected chi connectivity index (χ2v) is 7.39. The number of aliphatic carboxylic acids is 1. The van der Waals surface area contributed by atoms with Crippen LogP contribution < -0.4 is 10.6 Å². The van der Waals surface area contributed by atoms with Gasteiger partial charge < -0.3 is 10.4 Å². The first-order chi connectivity index (χ1) is 10.4. The topological polar surface area (TPSA) is 91.3 Å². The Balaban J connectivity index is 1.90. The molecular formula is C15H23N3O3S. The maximum atomic E-state index is 12.1. The van der Waals surface area contributed by atoms with Gasteiger partial charge in [-0.2, -0.15) is 0 Å². The SMILES string of the molecule is CC(C)(CCC(=O)O)NC(=O)Nc1nc2c(s1)CCCCC2. The fourth-order valence-corrected chi connectivity index (χ4v) is 3.54. The van der Waals surface area contributed by atoms with Gasteiger partial charge in [-0.25, -0.2) is 9.78 Å². The van der Waals surface area contributed by atoms with Crippen LogP contribution in [-0.4, -0.2) is 27.6 Å². The third kappa shape index (κ3) is 4.98. The molecule has 2 amide bonds. The summed E-state index contributed by atoms with van der Waals surface area (Å²) in [6, 6.07) is -0.334. The zero-order valence-electron chi connectivity index (χ0n) is 13.1. The molecule has 7 heteroatoms. The van der Waals surface area contributed by atoms with Crippen molar-refractivity contribution in [1.82, 2.24) is 10.3 Å². The number of aryl methyl sites for hydroxylation is 2. The maximum absolute atomic E-state index is 12.1. The van der Waals surface area contributed by atoms with Gasteiger partial charge in [-0.05, 0) is 46.0 Å². The van der Waals surface area contributed by atoms with E-state index in [4.69, 9.17) is 5.11 Å². The smallest absolute Gasteiger partial charge is 0.321 e. The van der Waals surface area contributed by atoms with Crippen LogP contribution in [0.2, 0.25) is 0 Å². The van der Waals surface area contributed by atoms with E-state index in [1.807, 2.05) is 13.8 Å². The minimum atomic E-state index is -0.862. The highest BCUT2D eigenvalue weighted by molar-refractivity contribution is 7.15. The highest BCUT2D eigenvalue weighted by Crippen LogP contribution is 2.28. The first kappa shape index (κ1) is 16.7. The van der Waals surface area contributed by atoms with E-state index in [0.29, 0.717) is 11.6 Å². The number of thiazole rings is 1. The Bertz CT molecular complexity index is 531. The predicted molar refractivity (Wildman–Crippen MR) is 86.5 cm³/mol. The van der Waals surface area contributed by atoms with Gasteiger partial charge in [-0.3, -0.25) is 10.1 Å². The van der Waals surface area contributed by atoms with Gasteiger partial charge in [-0.15, -0.1) is 11.3 Å². The van der Waals surface area contributed by atoms with Crippen molar-refractivity contribution in [3.8, 4) is 0 Å². The molecule has 6 nitrogen and oxygen atoms in total. The molecule has 122 valence electrons. The van der Waals surface area contributed by atoms with Crippen LogP contribution in [0, 0.1) is 0 Å². The number of amides is 2. The number of hydrogen-bond acceptors (Lipinski definition) is 4. The summed E-state index contributed by atoms with van der Waals surface area (Å²) < 4.78 is 0. The average molecular weight is 325 g/mol. The van der Waals surface area contributed by atoms with Crippen LogP contribution in [0.1, 0.15) is 56.5 Å². The third-order valence-electron chi connectivity index (χ3n) is 3.73. The standard InChI is InChI=1S/C15H23N3O3S/c1-15(2,9-8-12(19)20)18-13(21)17-14-16-10-6-4-3-5-7-11(10)22-14/h3-9H2,1-2H3,(H,19,20)(H2,16,17,18,21). The molecule has 1 aromatic rings. The fraction of sp³-hybridized carbons (Fsp3) is 0.667. The van der Waals surface area contributed by atoms with Gasteiger partial charge in [0.1, 0.15) is 0 Å². The van der Waals surface area contributed by atoms with E-state index in [1.165, 1.54) is 17.7 Å². The molecule has 1 aliphatic rings. The number of nitrogens with zero attached hydrogens (tertiary/aromatic N) is 1. The lowest BCUT2D eigenvalue weighted by Gasteiger charge is -2.25. The van der Waals surface area contributed by atoms with E-state index in [2.05, 4.69) is 15.6 Å². The van der Waals surface area contributed by atoms with Gasteiger partial charge in [0, 0.05) is 16.8 Å². The summed E-state index contributed by atoms with van der Waals surface area (Å²) >= 11 is 1.54. The van der Waals surface area contributed by atoms with E-state index in [9.17, 15) is 9.59 Å². The first-order valence-corrected chi connectivity index (χ1v) is 8.47. The van der Waals surface area contributed by atoms with Gasteiger partial charge in [0.15, 0.2) is 5.13 Å². The summed E-state index contributed by atoms with van der Waals surface area (Å²) in [4.78, 5) is 28.5. The summed E-state index contributed by atoms with van der Waals surface area (Å²) in [5.41, 5.74) is 0.541. The number of carbonyl (C=O) groups is 2. The number of nitrogens with one attached hydrogen (secondary N) is 2. The zero-order valence-corrected chi connectivity index (χ0v) is 13.9. The largest absolute Gasteiger partial charge is 0.481 e. The highest BCUT2D eigenvalue weighted by Gasteiger charge is 2.22. The van der Waals surface area contributed by atoms with Crippen LogP contribution in [-0.2, 0) is 17.6 Å². The molecule has 0 bridgehead atoms. The molecule has 0 aliphatic heterocycles. The van der Waals surface area contributed by atoms with Crippen molar-refractivity contribution in [2.24, 2.45) is 0 Å². The summed E-state index contributed by atoms with van der Waals surface area (Å²) in [6.45, 7) is 3.62. The normalized spacial score (nSPS) is 14.8. The van der Waals surface area contributed by atoms with Crippen LogP contribution in [0.3, 0.4) is 0 Å². The minimum Gasteiger partial charge on any atom is -0.481 e. The van der Waals surface area contributed by atoms with E-state index in [0.717, 1.165) is 25.0 Å². The average Bonchev–Trinajstić information content (AvgIpc) is 2.64. The Hall–Kier alpha value is -1.63. The third-order valence-corrected chi connectivity index (χ3v) is 4.80. The Kier molecular flexibility index (Phi) is 5.39. The molecule has 1 aromatic heterocycles. The lowest BCUT2D eigenvalue weighted by molar-refractivity contribution is -0.137. The molecule has 1 heterocycles. The van der Waals surface area contributed by atoms with Crippen molar-refractivity contribution in [3.05, 3.63) is 10.6 Å². The van der Waals surface area contributed by atoms with Crippen molar-refractivity contribution >= 4 is 28.5 Å². The second kappa shape index (κ2) is 7.09. The van der Waals surface area contributed by atoms with Crippen molar-refractivity contribution in [2.45, 2.75) is 64.3 Å². The van der Waals surface area contributed by atoms with Crippen molar-refractivity contribution in [2.75, 3.05) is 5.32 Å². The van der Waals surface area contributed by atoms with Gasteiger partial charge in [-0.1, -0.05) is 6.42 Å². The van der Waals surface area contributed by atoms with Gasteiger partial charge in [0.25, 0.3) is 0 Å². The number of aromatic nitrogens is 1. The first-order valence-electron chi connectivity index (χ1n) is 7.65. The summed E-state index contributed by atoms with van der Waals surface area (Å²) in [5, 5.41) is 14.9. The molecule has 22 heavy (non-hydrogen) atoms. The maximum Gasteiger partial charge on any atom is 0.321 e. The Labute approximate surface area is 134 Å². The summed E-state index contributed by atoms with van der Waals surface area (Å²) in [6.07, 6.45) is 6.01. The van der Waals surface area contributed by atoms with Gasteiger partial charge in [0.05, 0.1) is 5.69 Å². The molecule has 2 rings (SSSR count). The molecule has 0 fully saturated rings. The lowest BCUT2D eigenvalue weighted by Crippen LogP contribution is -2.45. The van der Waals surface area contributed by atoms with Crippen molar-refractivity contribution in [1.29, 1.82) is 0 Å². The van der Waals surface area contributed by atoms with Crippen molar-refractivity contribution in [3.63, 3.8) is 0 Å². The van der Waals surface area contributed by atoms with E-state index in [-0.39, 0.29) is 12.5 Å². The Morgan fingerprint density at radius 2 is 2.00 bits per heavy atom. The van der Waals surface area contributed by atoms with Crippen molar-refractivity contribution < 1.29 is 14.7 Å². The zero-order chi connectivity index (χ0) is 16.2. The van der Waals surface area contributed by atoms with Crippen LogP contribution >= 0.6 is 11.3 Å². The van der Waals surface area contributed by atoms with E-state index >= 15 is 0 Å². The number of hydrogen-bond donors (Lipinski definition) is 3. The molecule has 0 saturated heterocycles. The fourth-order valence-electron chi connectivity index (χ4n) is 2.50. The molecule has 1 aliphatic carbocycles. The predicted octanol–water partition coefficient (Wildman–Crippen LogP) is 3.18. The molecule has 0 atom stereocenters. The molecule has 0 radical (unpaired) electrons. The molecule has 0 saturated carbocycles. The van der Waals surface area contributed by atoms with E-state index < -0.39 is 11.5 Å².